The third kappa shape index (κ3) is 2.85. The third-order valence-electron chi connectivity index (χ3n) is 3.64. The Morgan fingerprint density at radius 1 is 1.52 bits per heavy atom. The van der Waals surface area contributed by atoms with Gasteiger partial charge < -0.3 is 25.4 Å². The summed E-state index contributed by atoms with van der Waals surface area (Å²) in [5, 5.41) is 3.00. The van der Waals surface area contributed by atoms with Gasteiger partial charge in [0.25, 0.3) is 0 Å². The second kappa shape index (κ2) is 5.72. The maximum Gasteiger partial charge on any atom is 0.245 e. The van der Waals surface area contributed by atoms with Gasteiger partial charge in [0.15, 0.2) is 11.6 Å². The standard InChI is InChI=1S/C13H19N5O3/c1-20-10-11(14)15-7-16-12(10)18-4-5-21-6-9(18)13(19)17-8-2-3-8/h7-9H,2-6H2,1H3,(H,17,19)(H2,14,15,16). The molecule has 2 aliphatic rings. The normalized spacial score (nSPS) is 22.0. The number of morpholine rings is 1. The maximum absolute atomic E-state index is 12.4. The van der Waals surface area contributed by atoms with Gasteiger partial charge in [-0.05, 0) is 12.8 Å². The number of aromatic nitrogens is 2. The van der Waals surface area contributed by atoms with Crippen molar-refractivity contribution in [3.05, 3.63) is 6.33 Å². The Balaban J connectivity index is 1.86. The van der Waals surface area contributed by atoms with Crippen molar-refractivity contribution in [2.45, 2.75) is 24.9 Å². The lowest BCUT2D eigenvalue weighted by molar-refractivity contribution is -0.124. The Hall–Kier alpha value is -2.09. The van der Waals surface area contributed by atoms with Gasteiger partial charge in [0, 0.05) is 12.6 Å². The van der Waals surface area contributed by atoms with E-state index < -0.39 is 6.04 Å². The van der Waals surface area contributed by atoms with E-state index in [1.165, 1.54) is 13.4 Å². The van der Waals surface area contributed by atoms with Crippen LogP contribution in [0.15, 0.2) is 6.33 Å². The quantitative estimate of drug-likeness (QED) is 0.775. The zero-order valence-electron chi connectivity index (χ0n) is 11.9. The molecule has 1 unspecified atom stereocenters. The molecule has 1 aromatic heterocycles. The minimum absolute atomic E-state index is 0.0450. The molecular weight excluding hydrogens is 274 g/mol. The molecule has 8 nitrogen and oxygen atoms in total. The highest BCUT2D eigenvalue weighted by atomic mass is 16.5. The molecule has 114 valence electrons. The molecule has 1 aliphatic heterocycles. The molecule has 2 heterocycles. The number of rotatable bonds is 4. The summed E-state index contributed by atoms with van der Waals surface area (Å²) in [6.07, 6.45) is 3.46. The van der Waals surface area contributed by atoms with Crippen LogP contribution in [0.3, 0.4) is 0 Å². The van der Waals surface area contributed by atoms with Crippen LogP contribution in [-0.4, -0.2) is 54.8 Å². The van der Waals surface area contributed by atoms with Gasteiger partial charge in [0.05, 0.1) is 20.3 Å². The molecule has 1 saturated carbocycles. The summed E-state index contributed by atoms with van der Waals surface area (Å²) in [5.41, 5.74) is 5.82. The molecule has 1 aromatic rings. The Bertz CT molecular complexity index is 535. The monoisotopic (exact) mass is 293 g/mol. The number of carbonyl (C=O) groups excluding carboxylic acids is 1. The van der Waals surface area contributed by atoms with Crippen molar-refractivity contribution in [3.8, 4) is 5.75 Å². The van der Waals surface area contributed by atoms with E-state index in [1.54, 1.807) is 0 Å². The molecule has 0 spiro atoms. The van der Waals surface area contributed by atoms with Gasteiger partial charge in [-0.1, -0.05) is 0 Å². The minimum Gasteiger partial charge on any atom is -0.490 e. The molecule has 2 fully saturated rings. The van der Waals surface area contributed by atoms with Crippen molar-refractivity contribution >= 4 is 17.5 Å². The maximum atomic E-state index is 12.4. The third-order valence-corrected chi connectivity index (χ3v) is 3.64. The molecule has 1 amide bonds. The molecule has 0 radical (unpaired) electrons. The number of hydrogen-bond acceptors (Lipinski definition) is 7. The molecule has 1 atom stereocenters. The number of ether oxygens (including phenoxy) is 2. The summed E-state index contributed by atoms with van der Waals surface area (Å²) in [5.74, 6) is 1.14. The van der Waals surface area contributed by atoms with Crippen LogP contribution in [-0.2, 0) is 9.53 Å². The molecular formula is C13H19N5O3. The summed E-state index contributed by atoms with van der Waals surface area (Å²) in [6, 6.07) is -0.124. The van der Waals surface area contributed by atoms with Gasteiger partial charge in [-0.25, -0.2) is 9.97 Å². The minimum atomic E-state index is -0.428. The van der Waals surface area contributed by atoms with Crippen LogP contribution in [0.5, 0.6) is 5.75 Å². The second-order valence-corrected chi connectivity index (χ2v) is 5.18. The fraction of sp³-hybridized carbons (Fsp3) is 0.615. The van der Waals surface area contributed by atoms with E-state index in [9.17, 15) is 4.79 Å². The average Bonchev–Trinajstić information content (AvgIpc) is 3.31. The molecule has 0 aromatic carbocycles. The molecule has 3 rings (SSSR count). The van der Waals surface area contributed by atoms with E-state index >= 15 is 0 Å². The van der Waals surface area contributed by atoms with Crippen molar-refractivity contribution in [1.82, 2.24) is 15.3 Å². The highest BCUT2D eigenvalue weighted by molar-refractivity contribution is 5.86. The largest absolute Gasteiger partial charge is 0.490 e. The number of nitrogens with two attached hydrogens (primary N) is 1. The lowest BCUT2D eigenvalue weighted by Gasteiger charge is -2.36. The lowest BCUT2D eigenvalue weighted by Crippen LogP contribution is -2.54. The van der Waals surface area contributed by atoms with Gasteiger partial charge in [-0.2, -0.15) is 0 Å². The van der Waals surface area contributed by atoms with E-state index in [0.29, 0.717) is 37.4 Å². The van der Waals surface area contributed by atoms with Gasteiger partial charge in [-0.15, -0.1) is 0 Å². The SMILES string of the molecule is COc1c(N)ncnc1N1CCOCC1C(=O)NC1CC1. The van der Waals surface area contributed by atoms with Gasteiger partial charge >= 0.3 is 0 Å². The number of nitrogen functional groups attached to an aromatic ring is 1. The van der Waals surface area contributed by atoms with E-state index in [4.69, 9.17) is 15.2 Å². The van der Waals surface area contributed by atoms with Gasteiger partial charge in [0.2, 0.25) is 11.7 Å². The highest BCUT2D eigenvalue weighted by Gasteiger charge is 2.35. The van der Waals surface area contributed by atoms with E-state index in [-0.39, 0.29) is 11.7 Å². The van der Waals surface area contributed by atoms with Crippen molar-refractivity contribution < 1.29 is 14.3 Å². The van der Waals surface area contributed by atoms with E-state index in [0.717, 1.165) is 12.8 Å². The van der Waals surface area contributed by atoms with Crippen molar-refractivity contribution in [3.63, 3.8) is 0 Å². The fourth-order valence-electron chi connectivity index (χ4n) is 2.38. The summed E-state index contributed by atoms with van der Waals surface area (Å²) < 4.78 is 10.7. The number of hydrogen-bond donors (Lipinski definition) is 2. The number of nitrogens with zero attached hydrogens (tertiary/aromatic N) is 3. The first kappa shape index (κ1) is 13.9. The summed E-state index contributed by atoms with van der Waals surface area (Å²) in [4.78, 5) is 22.4. The van der Waals surface area contributed by atoms with Crippen molar-refractivity contribution in [2.75, 3.05) is 37.5 Å². The zero-order chi connectivity index (χ0) is 14.8. The number of methoxy groups -OCH3 is 1. The van der Waals surface area contributed by atoms with Gasteiger partial charge in [-0.3, -0.25) is 4.79 Å². The van der Waals surface area contributed by atoms with Crippen LogP contribution in [0.1, 0.15) is 12.8 Å². The number of amides is 1. The summed E-state index contributed by atoms with van der Waals surface area (Å²) in [6.45, 7) is 1.40. The molecule has 1 aliphatic carbocycles. The van der Waals surface area contributed by atoms with Crippen LogP contribution in [0.25, 0.3) is 0 Å². The molecule has 0 bridgehead atoms. The first-order valence-electron chi connectivity index (χ1n) is 7.00. The second-order valence-electron chi connectivity index (χ2n) is 5.18. The van der Waals surface area contributed by atoms with E-state index in [1.807, 2.05) is 4.90 Å². The molecule has 1 saturated heterocycles. The van der Waals surface area contributed by atoms with Crippen molar-refractivity contribution in [1.29, 1.82) is 0 Å². The van der Waals surface area contributed by atoms with Crippen molar-refractivity contribution in [2.24, 2.45) is 0 Å². The topological polar surface area (TPSA) is 103 Å². The number of anilines is 2. The fourth-order valence-corrected chi connectivity index (χ4v) is 2.38. The summed E-state index contributed by atoms with van der Waals surface area (Å²) >= 11 is 0. The van der Waals surface area contributed by atoms with Gasteiger partial charge in [0.1, 0.15) is 12.4 Å². The predicted molar refractivity (Wildman–Crippen MR) is 76.1 cm³/mol. The van der Waals surface area contributed by atoms with E-state index in [2.05, 4.69) is 15.3 Å². The van der Waals surface area contributed by atoms with Crippen LogP contribution in [0.2, 0.25) is 0 Å². The highest BCUT2D eigenvalue weighted by Crippen LogP contribution is 2.32. The van der Waals surface area contributed by atoms with Crippen LogP contribution >= 0.6 is 0 Å². The average molecular weight is 293 g/mol. The van der Waals surface area contributed by atoms with Crippen LogP contribution in [0, 0.1) is 0 Å². The molecule has 8 heteroatoms. The first-order chi connectivity index (χ1) is 10.2. The Kier molecular flexibility index (Phi) is 3.78. The van der Waals surface area contributed by atoms with Crippen LogP contribution < -0.4 is 20.7 Å². The molecule has 3 N–H and O–H groups in total. The molecule has 21 heavy (non-hydrogen) atoms. The Morgan fingerprint density at radius 2 is 2.33 bits per heavy atom. The Morgan fingerprint density at radius 3 is 3.05 bits per heavy atom. The zero-order valence-corrected chi connectivity index (χ0v) is 11.9. The van der Waals surface area contributed by atoms with Crippen LogP contribution in [0.4, 0.5) is 11.6 Å². The number of carbonyl (C=O) groups is 1. The predicted octanol–water partition coefficient (Wildman–Crippen LogP) is -0.449. The first-order valence-corrected chi connectivity index (χ1v) is 7.00. The Labute approximate surface area is 122 Å². The number of nitrogens with one attached hydrogen (secondary N) is 1. The summed E-state index contributed by atoms with van der Waals surface area (Å²) in [7, 11) is 1.51. The smallest absolute Gasteiger partial charge is 0.245 e. The lowest BCUT2D eigenvalue weighted by atomic mass is 10.2.